The Morgan fingerprint density at radius 1 is 1.33 bits per heavy atom. The monoisotopic (exact) mass is 216 g/mol. The second-order valence-electron chi connectivity index (χ2n) is 5.47. The third-order valence-corrected chi connectivity index (χ3v) is 3.12. The van der Waals surface area contributed by atoms with Gasteiger partial charge in [-0.2, -0.15) is 0 Å². The lowest BCUT2D eigenvalue weighted by Gasteiger charge is -2.34. The summed E-state index contributed by atoms with van der Waals surface area (Å²) in [4.78, 5) is 10.5. The molecule has 0 saturated carbocycles. The maximum atomic E-state index is 10.5. The molecule has 2 N–H and O–H groups in total. The zero-order valence-corrected chi connectivity index (χ0v) is 9.83. The standard InChI is InChI=1S/C11H20O4/c1-9(2)7-11(14,6-5-8(12)13)10(3,4)15-9/h14H,5-7H2,1-4H3,(H,12,13). The molecular formula is C11H20O4. The van der Waals surface area contributed by atoms with Crippen molar-refractivity contribution in [1.82, 2.24) is 0 Å². The van der Waals surface area contributed by atoms with Gasteiger partial charge < -0.3 is 14.9 Å². The Kier molecular flexibility index (Phi) is 2.87. The average Bonchev–Trinajstić information content (AvgIpc) is 2.12. The number of carbonyl (C=O) groups is 1. The first kappa shape index (κ1) is 12.5. The molecule has 0 bridgehead atoms. The molecule has 0 aromatic carbocycles. The molecule has 4 heteroatoms. The van der Waals surface area contributed by atoms with E-state index in [-0.39, 0.29) is 12.8 Å². The van der Waals surface area contributed by atoms with E-state index >= 15 is 0 Å². The van der Waals surface area contributed by atoms with Crippen LogP contribution >= 0.6 is 0 Å². The van der Waals surface area contributed by atoms with E-state index in [4.69, 9.17) is 9.84 Å². The van der Waals surface area contributed by atoms with E-state index < -0.39 is 22.8 Å². The number of aliphatic carboxylic acids is 1. The van der Waals surface area contributed by atoms with E-state index in [1.54, 1.807) is 0 Å². The predicted molar refractivity (Wildman–Crippen MR) is 55.7 cm³/mol. The first-order valence-electron chi connectivity index (χ1n) is 5.22. The van der Waals surface area contributed by atoms with Crippen LogP contribution in [0.4, 0.5) is 0 Å². The third kappa shape index (κ3) is 2.49. The Morgan fingerprint density at radius 3 is 2.20 bits per heavy atom. The van der Waals surface area contributed by atoms with E-state index in [2.05, 4.69) is 0 Å². The van der Waals surface area contributed by atoms with Gasteiger partial charge in [0, 0.05) is 12.8 Å². The van der Waals surface area contributed by atoms with Crippen LogP contribution in [-0.2, 0) is 9.53 Å². The lowest BCUT2D eigenvalue weighted by molar-refractivity contribution is -0.144. The fraction of sp³-hybridized carbons (Fsp3) is 0.909. The van der Waals surface area contributed by atoms with Crippen molar-refractivity contribution in [3.63, 3.8) is 0 Å². The van der Waals surface area contributed by atoms with Crippen molar-refractivity contribution in [2.75, 3.05) is 0 Å². The molecule has 0 spiro atoms. The molecule has 0 radical (unpaired) electrons. The van der Waals surface area contributed by atoms with E-state index in [1.165, 1.54) is 0 Å². The highest BCUT2D eigenvalue weighted by Gasteiger charge is 2.55. The normalized spacial score (nSPS) is 32.9. The highest BCUT2D eigenvalue weighted by molar-refractivity contribution is 5.66. The van der Waals surface area contributed by atoms with Crippen LogP contribution in [0.25, 0.3) is 0 Å². The first-order valence-corrected chi connectivity index (χ1v) is 5.22. The van der Waals surface area contributed by atoms with E-state index in [9.17, 15) is 9.90 Å². The Morgan fingerprint density at radius 2 is 1.87 bits per heavy atom. The number of hydrogen-bond donors (Lipinski definition) is 2. The molecule has 0 amide bonds. The first-order chi connectivity index (χ1) is 6.58. The fourth-order valence-electron chi connectivity index (χ4n) is 2.44. The maximum absolute atomic E-state index is 10.5. The predicted octanol–water partition coefficient (Wildman–Crippen LogP) is 1.56. The van der Waals surface area contributed by atoms with Crippen LogP contribution in [0.2, 0.25) is 0 Å². The summed E-state index contributed by atoms with van der Waals surface area (Å²) in [6, 6.07) is 0. The second kappa shape index (κ2) is 3.46. The Hall–Kier alpha value is -0.610. The van der Waals surface area contributed by atoms with Gasteiger partial charge in [0.25, 0.3) is 0 Å². The molecule has 4 nitrogen and oxygen atoms in total. The SMILES string of the molecule is CC1(C)CC(O)(CCC(=O)O)C(C)(C)O1. The van der Waals surface area contributed by atoms with Crippen molar-refractivity contribution in [3.8, 4) is 0 Å². The Balaban J connectivity index is 2.78. The van der Waals surface area contributed by atoms with Gasteiger partial charge >= 0.3 is 5.97 Å². The van der Waals surface area contributed by atoms with E-state index in [1.807, 2.05) is 27.7 Å². The third-order valence-electron chi connectivity index (χ3n) is 3.12. The molecule has 0 aromatic heterocycles. The van der Waals surface area contributed by atoms with Crippen LogP contribution in [0.15, 0.2) is 0 Å². The lowest BCUT2D eigenvalue weighted by atomic mass is 9.79. The molecular weight excluding hydrogens is 196 g/mol. The Bertz CT molecular complexity index is 270. The van der Waals surface area contributed by atoms with Gasteiger partial charge in [-0.15, -0.1) is 0 Å². The van der Waals surface area contributed by atoms with Crippen molar-refractivity contribution < 1.29 is 19.7 Å². The van der Waals surface area contributed by atoms with Gasteiger partial charge in [0.15, 0.2) is 0 Å². The van der Waals surface area contributed by atoms with Crippen LogP contribution in [0.5, 0.6) is 0 Å². The average molecular weight is 216 g/mol. The van der Waals surface area contributed by atoms with Gasteiger partial charge in [-0.3, -0.25) is 4.79 Å². The topological polar surface area (TPSA) is 66.8 Å². The van der Waals surface area contributed by atoms with Crippen LogP contribution in [0.1, 0.15) is 47.0 Å². The van der Waals surface area contributed by atoms with Crippen molar-refractivity contribution >= 4 is 5.97 Å². The molecule has 1 aliphatic heterocycles. The molecule has 0 aliphatic carbocycles. The molecule has 1 atom stereocenters. The fourth-order valence-corrected chi connectivity index (χ4v) is 2.44. The van der Waals surface area contributed by atoms with Gasteiger partial charge in [-0.25, -0.2) is 0 Å². The quantitative estimate of drug-likeness (QED) is 0.751. The van der Waals surface area contributed by atoms with E-state index in [0.717, 1.165) is 0 Å². The summed E-state index contributed by atoms with van der Waals surface area (Å²) in [5, 5.41) is 19.1. The van der Waals surface area contributed by atoms with Crippen LogP contribution in [0, 0.1) is 0 Å². The van der Waals surface area contributed by atoms with Crippen molar-refractivity contribution in [2.24, 2.45) is 0 Å². The molecule has 1 aliphatic rings. The van der Waals surface area contributed by atoms with Gasteiger partial charge in [0.2, 0.25) is 0 Å². The molecule has 1 heterocycles. The highest BCUT2D eigenvalue weighted by atomic mass is 16.5. The summed E-state index contributed by atoms with van der Waals surface area (Å²) in [5.74, 6) is -0.885. The van der Waals surface area contributed by atoms with Gasteiger partial charge in [-0.1, -0.05) is 0 Å². The van der Waals surface area contributed by atoms with Crippen molar-refractivity contribution in [3.05, 3.63) is 0 Å². The summed E-state index contributed by atoms with van der Waals surface area (Å²) in [6.07, 6.45) is 0.679. The van der Waals surface area contributed by atoms with Crippen LogP contribution in [-0.4, -0.2) is 33.0 Å². The summed E-state index contributed by atoms with van der Waals surface area (Å²) < 4.78 is 5.74. The molecule has 1 unspecified atom stereocenters. The van der Waals surface area contributed by atoms with Gasteiger partial charge in [0.05, 0.1) is 16.8 Å². The zero-order chi connectivity index (χ0) is 11.9. The summed E-state index contributed by atoms with van der Waals surface area (Å²) >= 11 is 0. The number of rotatable bonds is 3. The van der Waals surface area contributed by atoms with Crippen molar-refractivity contribution in [1.29, 1.82) is 0 Å². The van der Waals surface area contributed by atoms with Gasteiger partial charge in [-0.05, 0) is 34.1 Å². The molecule has 88 valence electrons. The zero-order valence-electron chi connectivity index (χ0n) is 9.83. The molecule has 0 aromatic rings. The maximum Gasteiger partial charge on any atom is 0.303 e. The second-order valence-corrected chi connectivity index (χ2v) is 5.47. The number of hydrogen-bond acceptors (Lipinski definition) is 3. The summed E-state index contributed by atoms with van der Waals surface area (Å²) in [5.41, 5.74) is -2.13. The molecule has 1 rings (SSSR count). The number of aliphatic hydroxyl groups is 1. The largest absolute Gasteiger partial charge is 0.481 e. The highest BCUT2D eigenvalue weighted by Crippen LogP contribution is 2.47. The summed E-state index contributed by atoms with van der Waals surface area (Å²) in [7, 11) is 0. The minimum atomic E-state index is -1.05. The lowest BCUT2D eigenvalue weighted by Crippen LogP contribution is -2.46. The molecule has 1 saturated heterocycles. The number of ether oxygens (including phenoxy) is 1. The smallest absolute Gasteiger partial charge is 0.303 e. The minimum Gasteiger partial charge on any atom is -0.481 e. The van der Waals surface area contributed by atoms with Crippen LogP contribution in [0.3, 0.4) is 0 Å². The summed E-state index contributed by atoms with van der Waals surface area (Å²) in [6.45, 7) is 7.44. The minimum absolute atomic E-state index is 0.0284. The Labute approximate surface area is 90.2 Å². The van der Waals surface area contributed by atoms with Crippen LogP contribution < -0.4 is 0 Å². The number of carboxylic acid groups (broad SMARTS) is 1. The van der Waals surface area contributed by atoms with E-state index in [0.29, 0.717) is 6.42 Å². The van der Waals surface area contributed by atoms with Gasteiger partial charge in [0.1, 0.15) is 0 Å². The number of carboxylic acids is 1. The van der Waals surface area contributed by atoms with Crippen molar-refractivity contribution in [2.45, 2.75) is 63.8 Å². The molecule has 15 heavy (non-hydrogen) atoms. The molecule has 1 fully saturated rings.